The highest BCUT2D eigenvalue weighted by Gasteiger charge is 2.48. The Morgan fingerprint density at radius 3 is 2.10 bits per heavy atom. The zero-order chi connectivity index (χ0) is 29.4. The van der Waals surface area contributed by atoms with E-state index in [-0.39, 0.29) is 5.41 Å². The molecule has 0 amide bonds. The molecule has 3 aromatic carbocycles. The monoisotopic (exact) mass is 545 g/mol. The van der Waals surface area contributed by atoms with Crippen LogP contribution in [0.4, 0.5) is 0 Å². The summed E-state index contributed by atoms with van der Waals surface area (Å²) >= 11 is 0. The molecule has 0 atom stereocenters. The number of hydrogen-bond donors (Lipinski definition) is 0. The molecule has 0 unspecified atom stereocenters. The molecule has 1 aromatic heterocycles. The molecule has 0 radical (unpaired) electrons. The second kappa shape index (κ2) is 9.68. The van der Waals surface area contributed by atoms with Gasteiger partial charge in [-0.2, -0.15) is 0 Å². The number of benzene rings is 3. The van der Waals surface area contributed by atoms with Crippen LogP contribution in [-0.2, 0) is 5.41 Å². The van der Waals surface area contributed by atoms with Crippen LogP contribution >= 0.6 is 0 Å². The summed E-state index contributed by atoms with van der Waals surface area (Å²) in [5, 5.41) is 4.06. The van der Waals surface area contributed by atoms with E-state index in [0.29, 0.717) is 22.2 Å². The molecule has 216 valence electrons. The minimum absolute atomic E-state index is 0.0572. The summed E-state index contributed by atoms with van der Waals surface area (Å²) in [6.07, 6.45) is 9.45. The van der Waals surface area contributed by atoms with Crippen LogP contribution in [0.3, 0.4) is 0 Å². The lowest BCUT2D eigenvalue weighted by Crippen LogP contribution is -2.43. The van der Waals surface area contributed by atoms with Gasteiger partial charge >= 0.3 is 0 Å². The van der Waals surface area contributed by atoms with E-state index < -0.39 is 0 Å². The normalized spacial score (nSPS) is 20.6. The van der Waals surface area contributed by atoms with Crippen LogP contribution in [0.25, 0.3) is 32.9 Å². The van der Waals surface area contributed by atoms with E-state index in [1.165, 1.54) is 94.4 Å². The molecule has 4 aromatic rings. The number of fused-ring (bicyclic) bond motifs is 2. The van der Waals surface area contributed by atoms with Crippen molar-refractivity contribution in [1.82, 2.24) is 4.98 Å². The maximum atomic E-state index is 5.37. The molecule has 2 fully saturated rings. The molecule has 2 saturated carbocycles. The summed E-state index contributed by atoms with van der Waals surface area (Å²) < 4.78 is 0. The predicted molar refractivity (Wildman–Crippen MR) is 178 cm³/mol. The van der Waals surface area contributed by atoms with Crippen LogP contribution in [0.15, 0.2) is 54.6 Å². The summed E-state index contributed by atoms with van der Waals surface area (Å²) in [5.74, 6) is 0.599. The molecule has 1 nitrogen and oxygen atoms in total. The Bertz CT molecular complexity index is 1600. The van der Waals surface area contributed by atoms with Gasteiger partial charge in [0.05, 0.1) is 11.2 Å². The van der Waals surface area contributed by atoms with Crippen molar-refractivity contribution in [2.24, 2.45) is 16.2 Å². The van der Waals surface area contributed by atoms with Gasteiger partial charge in [-0.3, -0.25) is 0 Å². The Labute approximate surface area is 249 Å². The van der Waals surface area contributed by atoms with E-state index in [9.17, 15) is 0 Å². The third kappa shape index (κ3) is 5.47. The minimum Gasteiger partial charge on any atom is -0.248 e. The number of pyridine rings is 1. The van der Waals surface area contributed by atoms with Crippen molar-refractivity contribution in [3.8, 4) is 11.3 Å². The van der Waals surface area contributed by atoms with Gasteiger partial charge in [-0.25, -0.2) is 4.98 Å². The second-order valence-corrected chi connectivity index (χ2v) is 16.7. The third-order valence-electron chi connectivity index (χ3n) is 10.4. The lowest BCUT2D eigenvalue weighted by Gasteiger charge is -2.54. The van der Waals surface area contributed by atoms with E-state index >= 15 is 0 Å². The fourth-order valence-corrected chi connectivity index (χ4v) is 9.75. The largest absolute Gasteiger partial charge is 0.248 e. The minimum atomic E-state index is 0.0572. The van der Waals surface area contributed by atoms with Gasteiger partial charge in [0.2, 0.25) is 0 Å². The quantitative estimate of drug-likeness (QED) is 0.244. The van der Waals surface area contributed by atoms with Gasteiger partial charge in [-0.05, 0) is 144 Å². The third-order valence-corrected chi connectivity index (χ3v) is 10.4. The molecule has 1 spiro atoms. The first-order chi connectivity index (χ1) is 19.1. The molecule has 41 heavy (non-hydrogen) atoms. The van der Waals surface area contributed by atoms with E-state index in [2.05, 4.69) is 117 Å². The fraction of sp³-hybridized carbons (Fsp3) is 0.525. The van der Waals surface area contributed by atoms with Gasteiger partial charge in [0, 0.05) is 10.9 Å². The molecule has 0 saturated heterocycles. The SMILES string of the molecule is Cc1cc(C)c2c(C3CCC4(CC3)CC(C)(C)CC(C)(C)C4)cc(-c3cc(C(C)(C)C)c4ccccc4c3)nc2c1. The molecule has 2 aliphatic carbocycles. The first-order valence-corrected chi connectivity index (χ1v) is 16.1. The van der Waals surface area contributed by atoms with Gasteiger partial charge < -0.3 is 0 Å². The van der Waals surface area contributed by atoms with E-state index in [4.69, 9.17) is 4.98 Å². The summed E-state index contributed by atoms with van der Waals surface area (Å²) in [6.45, 7) is 21.6. The molecular formula is C40H51N. The first-order valence-electron chi connectivity index (χ1n) is 16.1. The Kier molecular flexibility index (Phi) is 6.72. The van der Waals surface area contributed by atoms with Crippen molar-refractivity contribution in [3.63, 3.8) is 0 Å². The van der Waals surface area contributed by atoms with Crippen molar-refractivity contribution in [3.05, 3.63) is 76.9 Å². The summed E-state index contributed by atoms with van der Waals surface area (Å²) in [4.78, 5) is 5.37. The summed E-state index contributed by atoms with van der Waals surface area (Å²) in [6, 6.07) is 20.8. The molecule has 0 bridgehead atoms. The zero-order valence-electron chi connectivity index (χ0n) is 27.2. The van der Waals surface area contributed by atoms with Crippen molar-refractivity contribution >= 4 is 21.7 Å². The number of rotatable bonds is 2. The standard InChI is InChI=1S/C40H51N/c1-26-18-27(2)36-32(28-14-16-40(17-15-28)24-38(6,7)23-39(8,9)25-40)22-34(41-35(36)19-26)30-20-29-12-10-11-13-31(29)33(21-30)37(3,4)5/h10-13,18-22,28H,14-17,23-25H2,1-9H3. The average Bonchev–Trinajstić information content (AvgIpc) is 2.85. The van der Waals surface area contributed by atoms with E-state index in [0.717, 1.165) is 5.69 Å². The van der Waals surface area contributed by atoms with Gasteiger partial charge in [0.15, 0.2) is 0 Å². The maximum absolute atomic E-state index is 5.37. The molecule has 0 N–H and O–H groups in total. The van der Waals surface area contributed by atoms with Crippen LogP contribution in [0.1, 0.15) is 122 Å². The lowest BCUT2D eigenvalue weighted by atomic mass is 9.51. The molecule has 0 aliphatic heterocycles. The van der Waals surface area contributed by atoms with Crippen LogP contribution < -0.4 is 0 Å². The molecule has 1 heteroatoms. The Hall–Kier alpha value is -2.67. The van der Waals surface area contributed by atoms with Crippen molar-refractivity contribution in [1.29, 1.82) is 0 Å². The summed E-state index contributed by atoms with van der Waals surface area (Å²) in [7, 11) is 0. The second-order valence-electron chi connectivity index (χ2n) is 16.7. The first kappa shape index (κ1) is 28.4. The number of nitrogens with zero attached hydrogens (tertiary/aromatic N) is 1. The average molecular weight is 546 g/mol. The zero-order valence-corrected chi connectivity index (χ0v) is 27.2. The van der Waals surface area contributed by atoms with Crippen molar-refractivity contribution in [2.45, 2.75) is 119 Å². The van der Waals surface area contributed by atoms with Crippen molar-refractivity contribution < 1.29 is 0 Å². The van der Waals surface area contributed by atoms with Gasteiger partial charge in [0.25, 0.3) is 0 Å². The highest BCUT2D eigenvalue weighted by atomic mass is 14.7. The smallest absolute Gasteiger partial charge is 0.0717 e. The Morgan fingerprint density at radius 1 is 0.780 bits per heavy atom. The predicted octanol–water partition coefficient (Wildman–Crippen LogP) is 11.8. The summed E-state index contributed by atoms with van der Waals surface area (Å²) in [5.41, 5.74) is 10.6. The van der Waals surface area contributed by atoms with Crippen LogP contribution in [0, 0.1) is 30.1 Å². The molecule has 2 aliphatic rings. The van der Waals surface area contributed by atoms with Gasteiger partial charge in [-0.1, -0.05) is 78.8 Å². The van der Waals surface area contributed by atoms with Crippen molar-refractivity contribution in [2.75, 3.05) is 0 Å². The number of aromatic nitrogens is 1. The molecule has 1 heterocycles. The van der Waals surface area contributed by atoms with Gasteiger partial charge in [0.1, 0.15) is 0 Å². The van der Waals surface area contributed by atoms with Crippen LogP contribution in [-0.4, -0.2) is 4.98 Å². The maximum Gasteiger partial charge on any atom is 0.0717 e. The van der Waals surface area contributed by atoms with Crippen LogP contribution in [0.5, 0.6) is 0 Å². The number of hydrogen-bond acceptors (Lipinski definition) is 1. The molecule has 6 rings (SSSR count). The van der Waals surface area contributed by atoms with Crippen LogP contribution in [0.2, 0.25) is 0 Å². The van der Waals surface area contributed by atoms with Gasteiger partial charge in [-0.15, -0.1) is 0 Å². The fourth-order valence-electron chi connectivity index (χ4n) is 9.75. The lowest BCUT2D eigenvalue weighted by molar-refractivity contribution is -0.0280. The number of aryl methyl sites for hydroxylation is 2. The highest BCUT2D eigenvalue weighted by Crippen LogP contribution is 2.61. The Balaban J connectivity index is 1.45. The molecular weight excluding hydrogens is 494 g/mol. The topological polar surface area (TPSA) is 12.9 Å². The van der Waals surface area contributed by atoms with E-state index in [1.807, 2.05) is 0 Å². The van der Waals surface area contributed by atoms with E-state index in [1.54, 1.807) is 0 Å². The highest BCUT2D eigenvalue weighted by molar-refractivity contribution is 5.93. The Morgan fingerprint density at radius 2 is 1.44 bits per heavy atom.